The number of anilines is 1. The zero-order chi connectivity index (χ0) is 12.1. The summed E-state index contributed by atoms with van der Waals surface area (Å²) < 4.78 is 0. The topological polar surface area (TPSA) is 75.3 Å². The van der Waals surface area contributed by atoms with Gasteiger partial charge in [0.2, 0.25) is 0 Å². The van der Waals surface area contributed by atoms with Crippen LogP contribution in [0.4, 0.5) is 5.69 Å². The number of hydrogen-bond acceptors (Lipinski definition) is 3. The fraction of sp³-hybridized carbons (Fsp3) is 0.364. The first kappa shape index (κ1) is 12.8. The predicted molar refractivity (Wildman–Crippen MR) is 64.9 cm³/mol. The van der Waals surface area contributed by atoms with Crippen LogP contribution in [0.25, 0.3) is 0 Å². The van der Waals surface area contributed by atoms with Crippen molar-refractivity contribution in [1.82, 2.24) is 0 Å². The molecule has 0 amide bonds. The van der Waals surface area contributed by atoms with Crippen LogP contribution in [0.3, 0.4) is 0 Å². The number of carbonyl (C=O) groups is 1. The summed E-state index contributed by atoms with van der Waals surface area (Å²) in [5.41, 5.74) is 7.46. The zero-order valence-corrected chi connectivity index (χ0v) is 9.79. The summed E-state index contributed by atoms with van der Waals surface area (Å²) in [6.45, 7) is 2.33. The van der Waals surface area contributed by atoms with E-state index in [0.29, 0.717) is 11.6 Å². The Balaban J connectivity index is 2.48. The molecule has 4 N–H and O–H groups in total. The number of nitrogens with two attached hydrogens (primary N) is 1. The van der Waals surface area contributed by atoms with E-state index in [0.717, 1.165) is 11.3 Å². The lowest BCUT2D eigenvalue weighted by atomic mass is 10.2. The van der Waals surface area contributed by atoms with Crippen LogP contribution in [0, 0.1) is 6.92 Å². The van der Waals surface area contributed by atoms with Gasteiger partial charge in [-0.05, 0) is 24.6 Å². The average molecular weight is 243 g/mol. The molecule has 88 valence electrons. The van der Waals surface area contributed by atoms with Gasteiger partial charge in [-0.1, -0.05) is 17.7 Å². The van der Waals surface area contributed by atoms with Crippen molar-refractivity contribution in [3.8, 4) is 0 Å². The Morgan fingerprint density at radius 3 is 2.88 bits per heavy atom. The molecule has 1 atom stereocenters. The number of rotatable bonds is 5. The number of carboxylic acid groups (broad SMARTS) is 1. The van der Waals surface area contributed by atoms with Crippen molar-refractivity contribution in [3.05, 3.63) is 28.8 Å². The maximum Gasteiger partial charge on any atom is 0.304 e. The first-order valence-corrected chi connectivity index (χ1v) is 5.34. The largest absolute Gasteiger partial charge is 0.481 e. The number of halogens is 1. The molecule has 0 fully saturated rings. The van der Waals surface area contributed by atoms with Crippen LogP contribution >= 0.6 is 11.6 Å². The standard InChI is InChI=1S/C11H15ClN2O2/c1-7-2-3-9(5-10(7)12)14-6-8(13)4-11(15)16/h2-3,5,8,14H,4,6,13H2,1H3,(H,15,16). The minimum absolute atomic E-state index is 0.0490. The third-order valence-corrected chi connectivity index (χ3v) is 2.58. The number of aliphatic carboxylic acids is 1. The van der Waals surface area contributed by atoms with Crippen LogP contribution < -0.4 is 11.1 Å². The van der Waals surface area contributed by atoms with Gasteiger partial charge in [0.1, 0.15) is 0 Å². The fourth-order valence-electron chi connectivity index (χ4n) is 1.25. The Hall–Kier alpha value is -1.26. The first-order valence-electron chi connectivity index (χ1n) is 4.96. The van der Waals surface area contributed by atoms with E-state index in [-0.39, 0.29) is 6.42 Å². The second-order valence-electron chi connectivity index (χ2n) is 3.70. The molecule has 0 saturated carbocycles. The minimum atomic E-state index is -0.892. The number of aryl methyl sites for hydroxylation is 1. The first-order chi connectivity index (χ1) is 7.49. The highest BCUT2D eigenvalue weighted by molar-refractivity contribution is 6.31. The summed E-state index contributed by atoms with van der Waals surface area (Å²) in [7, 11) is 0. The lowest BCUT2D eigenvalue weighted by Gasteiger charge is -2.12. The molecule has 0 aliphatic rings. The molecule has 0 saturated heterocycles. The lowest BCUT2D eigenvalue weighted by Crippen LogP contribution is -2.31. The van der Waals surface area contributed by atoms with E-state index >= 15 is 0 Å². The van der Waals surface area contributed by atoms with E-state index in [4.69, 9.17) is 22.4 Å². The van der Waals surface area contributed by atoms with Crippen molar-refractivity contribution in [2.45, 2.75) is 19.4 Å². The van der Waals surface area contributed by atoms with Crippen LogP contribution in [0.1, 0.15) is 12.0 Å². The minimum Gasteiger partial charge on any atom is -0.481 e. The van der Waals surface area contributed by atoms with Crippen LogP contribution in [-0.2, 0) is 4.79 Å². The Morgan fingerprint density at radius 1 is 1.62 bits per heavy atom. The zero-order valence-electron chi connectivity index (χ0n) is 9.03. The summed E-state index contributed by atoms with van der Waals surface area (Å²) in [6, 6.07) is 5.17. The fourth-order valence-corrected chi connectivity index (χ4v) is 1.43. The van der Waals surface area contributed by atoms with Gasteiger partial charge < -0.3 is 16.2 Å². The molecule has 0 aliphatic heterocycles. The number of nitrogens with one attached hydrogen (secondary N) is 1. The molecule has 1 rings (SSSR count). The Morgan fingerprint density at radius 2 is 2.31 bits per heavy atom. The van der Waals surface area contributed by atoms with E-state index in [1.807, 2.05) is 19.1 Å². The molecule has 1 unspecified atom stereocenters. The molecule has 0 aliphatic carbocycles. The second-order valence-corrected chi connectivity index (χ2v) is 4.11. The maximum atomic E-state index is 10.4. The quantitative estimate of drug-likeness (QED) is 0.737. The van der Waals surface area contributed by atoms with E-state index in [1.54, 1.807) is 6.07 Å². The highest BCUT2D eigenvalue weighted by Gasteiger charge is 2.07. The van der Waals surface area contributed by atoms with Gasteiger partial charge in [0.25, 0.3) is 0 Å². The van der Waals surface area contributed by atoms with Gasteiger partial charge in [-0.3, -0.25) is 4.79 Å². The van der Waals surface area contributed by atoms with Gasteiger partial charge in [-0.15, -0.1) is 0 Å². The molecule has 1 aromatic carbocycles. The third kappa shape index (κ3) is 4.08. The molecule has 4 nitrogen and oxygen atoms in total. The molecule has 0 radical (unpaired) electrons. The smallest absolute Gasteiger partial charge is 0.304 e. The van der Waals surface area contributed by atoms with Crippen LogP contribution in [0.5, 0.6) is 0 Å². The second kappa shape index (κ2) is 5.72. The van der Waals surface area contributed by atoms with Crippen molar-refractivity contribution in [3.63, 3.8) is 0 Å². The van der Waals surface area contributed by atoms with Gasteiger partial charge in [0.05, 0.1) is 6.42 Å². The summed E-state index contributed by atoms with van der Waals surface area (Å²) in [4.78, 5) is 10.4. The Kier molecular flexibility index (Phi) is 4.58. The average Bonchev–Trinajstić information content (AvgIpc) is 2.19. The summed E-state index contributed by atoms with van der Waals surface area (Å²) in [6.07, 6.45) is -0.0490. The molecule has 16 heavy (non-hydrogen) atoms. The van der Waals surface area contributed by atoms with Gasteiger partial charge in [-0.25, -0.2) is 0 Å². The normalized spacial score (nSPS) is 12.2. The van der Waals surface area contributed by atoms with Crippen molar-refractivity contribution in [2.75, 3.05) is 11.9 Å². The lowest BCUT2D eigenvalue weighted by molar-refractivity contribution is -0.137. The summed E-state index contributed by atoms with van der Waals surface area (Å²) in [5, 5.41) is 12.3. The summed E-state index contributed by atoms with van der Waals surface area (Å²) >= 11 is 5.95. The van der Waals surface area contributed by atoms with Gasteiger partial charge in [-0.2, -0.15) is 0 Å². The Bertz CT molecular complexity index is 382. The van der Waals surface area contributed by atoms with E-state index in [2.05, 4.69) is 5.32 Å². The van der Waals surface area contributed by atoms with Crippen molar-refractivity contribution >= 4 is 23.3 Å². The number of carboxylic acids is 1. The molecular formula is C11H15ClN2O2. The van der Waals surface area contributed by atoms with Crippen LogP contribution in [0.2, 0.25) is 5.02 Å². The number of hydrogen-bond donors (Lipinski definition) is 3. The molecule has 0 aromatic heterocycles. The molecule has 0 bridgehead atoms. The molecule has 0 heterocycles. The molecule has 0 spiro atoms. The highest BCUT2D eigenvalue weighted by atomic mass is 35.5. The van der Waals surface area contributed by atoms with E-state index < -0.39 is 12.0 Å². The molecule has 1 aromatic rings. The Labute approximate surface area is 99.4 Å². The molecular weight excluding hydrogens is 228 g/mol. The van der Waals surface area contributed by atoms with Gasteiger partial charge in [0.15, 0.2) is 0 Å². The van der Waals surface area contributed by atoms with Crippen molar-refractivity contribution in [2.24, 2.45) is 5.73 Å². The highest BCUT2D eigenvalue weighted by Crippen LogP contribution is 2.19. The predicted octanol–water partition coefficient (Wildman–Crippen LogP) is 1.86. The van der Waals surface area contributed by atoms with Gasteiger partial charge in [0, 0.05) is 23.3 Å². The maximum absolute atomic E-state index is 10.4. The van der Waals surface area contributed by atoms with E-state index in [9.17, 15) is 4.79 Å². The van der Waals surface area contributed by atoms with Crippen LogP contribution in [-0.4, -0.2) is 23.7 Å². The number of benzene rings is 1. The van der Waals surface area contributed by atoms with Crippen molar-refractivity contribution in [1.29, 1.82) is 0 Å². The third-order valence-electron chi connectivity index (χ3n) is 2.18. The van der Waals surface area contributed by atoms with E-state index in [1.165, 1.54) is 0 Å². The van der Waals surface area contributed by atoms with Crippen LogP contribution in [0.15, 0.2) is 18.2 Å². The molecule has 5 heteroatoms. The summed E-state index contributed by atoms with van der Waals surface area (Å²) in [5.74, 6) is -0.892. The van der Waals surface area contributed by atoms with Gasteiger partial charge >= 0.3 is 5.97 Å². The van der Waals surface area contributed by atoms with Crippen molar-refractivity contribution < 1.29 is 9.90 Å². The SMILES string of the molecule is Cc1ccc(NCC(N)CC(=O)O)cc1Cl. The monoisotopic (exact) mass is 242 g/mol.